The molecule has 7 heteroatoms. The zero-order valence-corrected chi connectivity index (χ0v) is 12.7. The average Bonchev–Trinajstić information content (AvgIpc) is 2.55. The van der Waals surface area contributed by atoms with E-state index in [1.807, 2.05) is 25.8 Å². The first-order valence-electron chi connectivity index (χ1n) is 6.65. The molecule has 0 aromatic rings. The molecule has 0 bridgehead atoms. The molecule has 0 aromatic carbocycles. The Morgan fingerprint density at radius 1 is 1.47 bits per heavy atom. The third kappa shape index (κ3) is 5.46. The predicted molar refractivity (Wildman–Crippen MR) is 75.5 cm³/mol. The van der Waals surface area contributed by atoms with Gasteiger partial charge in [0.05, 0.1) is 17.5 Å². The van der Waals surface area contributed by atoms with E-state index in [1.54, 1.807) is 0 Å². The Morgan fingerprint density at radius 3 is 2.58 bits per heavy atom. The minimum atomic E-state index is -3.08. The molecular formula is C12H25N3O3S. The highest BCUT2D eigenvalue weighted by molar-refractivity contribution is 7.91. The van der Waals surface area contributed by atoms with Crippen LogP contribution >= 0.6 is 0 Å². The number of nitrogens with two attached hydrogens (primary N) is 1. The van der Waals surface area contributed by atoms with Gasteiger partial charge in [-0.05, 0) is 19.4 Å². The average molecular weight is 291 g/mol. The number of hydrogen-bond acceptors (Lipinski definition) is 5. The highest BCUT2D eigenvalue weighted by atomic mass is 32.2. The Hall–Kier alpha value is -0.660. The van der Waals surface area contributed by atoms with Crippen LogP contribution in [-0.2, 0) is 14.6 Å². The van der Waals surface area contributed by atoms with E-state index in [0.717, 1.165) is 0 Å². The van der Waals surface area contributed by atoms with Crippen LogP contribution in [0, 0.1) is 5.92 Å². The van der Waals surface area contributed by atoms with Gasteiger partial charge in [0.2, 0.25) is 5.91 Å². The van der Waals surface area contributed by atoms with E-state index in [1.165, 1.54) is 0 Å². The fraction of sp³-hybridized carbons (Fsp3) is 0.917. The number of carbonyl (C=O) groups excluding carboxylic acids is 1. The standard InChI is InChI=1S/C12H25N3O3S/c1-9(2)8-19(17,18)5-4-14-12(16)11-6-10(13)7-15(11)3/h9-11H,4-8,13H2,1-3H3,(H,14,16)/t10-,11-/m0/s1. The van der Waals surface area contributed by atoms with Crippen LogP contribution in [0.4, 0.5) is 0 Å². The summed E-state index contributed by atoms with van der Waals surface area (Å²) in [6.45, 7) is 4.60. The number of nitrogens with one attached hydrogen (secondary N) is 1. The summed E-state index contributed by atoms with van der Waals surface area (Å²) in [6, 6.07) is -0.215. The van der Waals surface area contributed by atoms with Crippen LogP contribution in [0.3, 0.4) is 0 Å². The smallest absolute Gasteiger partial charge is 0.237 e. The van der Waals surface area contributed by atoms with Crippen molar-refractivity contribution in [2.24, 2.45) is 11.7 Å². The van der Waals surface area contributed by atoms with Gasteiger partial charge in [-0.25, -0.2) is 8.42 Å². The lowest BCUT2D eigenvalue weighted by Crippen LogP contribution is -2.43. The molecular weight excluding hydrogens is 266 g/mol. The number of sulfone groups is 1. The molecule has 1 heterocycles. The third-order valence-corrected chi connectivity index (χ3v) is 5.18. The van der Waals surface area contributed by atoms with Gasteiger partial charge in [-0.1, -0.05) is 13.8 Å². The maximum atomic E-state index is 11.9. The van der Waals surface area contributed by atoms with Gasteiger partial charge < -0.3 is 11.1 Å². The molecule has 0 saturated carbocycles. The highest BCUT2D eigenvalue weighted by Crippen LogP contribution is 2.13. The molecule has 1 amide bonds. The molecule has 1 rings (SSSR count). The molecule has 6 nitrogen and oxygen atoms in total. The predicted octanol–water partition coefficient (Wildman–Crippen LogP) is -0.795. The summed E-state index contributed by atoms with van der Waals surface area (Å²) in [6.07, 6.45) is 0.626. The van der Waals surface area contributed by atoms with E-state index in [9.17, 15) is 13.2 Å². The molecule has 0 aliphatic carbocycles. The Labute approximate surface area is 115 Å². The Kier molecular flexibility index (Phi) is 5.76. The number of nitrogens with zero attached hydrogens (tertiary/aromatic N) is 1. The van der Waals surface area contributed by atoms with E-state index in [2.05, 4.69) is 5.32 Å². The van der Waals surface area contributed by atoms with Crippen LogP contribution in [0.1, 0.15) is 20.3 Å². The van der Waals surface area contributed by atoms with Gasteiger partial charge >= 0.3 is 0 Å². The third-order valence-electron chi connectivity index (χ3n) is 3.18. The van der Waals surface area contributed by atoms with Crippen LogP contribution in [0.15, 0.2) is 0 Å². The second-order valence-electron chi connectivity index (χ2n) is 5.75. The summed E-state index contributed by atoms with van der Waals surface area (Å²) in [4.78, 5) is 13.8. The molecule has 0 unspecified atom stereocenters. The molecule has 1 aliphatic heterocycles. The lowest BCUT2D eigenvalue weighted by atomic mass is 10.1. The maximum Gasteiger partial charge on any atom is 0.237 e. The van der Waals surface area contributed by atoms with E-state index >= 15 is 0 Å². The maximum absolute atomic E-state index is 11.9. The SMILES string of the molecule is CC(C)CS(=O)(=O)CCNC(=O)[C@@H]1C[C@H](N)CN1C. The summed E-state index contributed by atoms with van der Waals surface area (Å²) in [5.74, 6) is 0.145. The zero-order chi connectivity index (χ0) is 14.6. The molecule has 1 fully saturated rings. The van der Waals surface area contributed by atoms with Crippen LogP contribution in [0.5, 0.6) is 0 Å². The van der Waals surface area contributed by atoms with Crippen molar-refractivity contribution in [2.75, 3.05) is 31.6 Å². The molecule has 19 heavy (non-hydrogen) atoms. The summed E-state index contributed by atoms with van der Waals surface area (Å²) in [5, 5.41) is 2.69. The first-order valence-corrected chi connectivity index (χ1v) is 8.47. The first kappa shape index (κ1) is 16.4. The van der Waals surface area contributed by atoms with Crippen LogP contribution in [0.2, 0.25) is 0 Å². The summed E-state index contributed by atoms with van der Waals surface area (Å²) in [5.41, 5.74) is 5.79. The molecule has 3 N–H and O–H groups in total. The van der Waals surface area contributed by atoms with Gasteiger partial charge in [0.15, 0.2) is 9.84 Å². The van der Waals surface area contributed by atoms with Crippen molar-refractivity contribution in [2.45, 2.75) is 32.4 Å². The molecule has 2 atom stereocenters. The highest BCUT2D eigenvalue weighted by Gasteiger charge is 2.32. The molecule has 0 radical (unpaired) electrons. The summed E-state index contributed by atoms with van der Waals surface area (Å²) in [7, 11) is -1.22. The van der Waals surface area contributed by atoms with Gasteiger partial charge in [0, 0.05) is 19.1 Å². The Bertz CT molecular complexity index is 408. The van der Waals surface area contributed by atoms with E-state index in [0.29, 0.717) is 13.0 Å². The van der Waals surface area contributed by atoms with E-state index in [4.69, 9.17) is 5.73 Å². The summed E-state index contributed by atoms with van der Waals surface area (Å²) >= 11 is 0. The van der Waals surface area contributed by atoms with Crippen LogP contribution in [0.25, 0.3) is 0 Å². The minimum Gasteiger partial charge on any atom is -0.354 e. The fourth-order valence-corrected chi connectivity index (χ4v) is 3.98. The van der Waals surface area contributed by atoms with Crippen molar-refractivity contribution < 1.29 is 13.2 Å². The molecule has 112 valence electrons. The fourth-order valence-electron chi connectivity index (χ4n) is 2.38. The largest absolute Gasteiger partial charge is 0.354 e. The van der Waals surface area contributed by atoms with Crippen LogP contribution in [-0.4, -0.2) is 63.0 Å². The lowest BCUT2D eigenvalue weighted by molar-refractivity contribution is -0.124. The van der Waals surface area contributed by atoms with Crippen molar-refractivity contribution in [3.63, 3.8) is 0 Å². The monoisotopic (exact) mass is 291 g/mol. The number of likely N-dealkylation sites (N-methyl/N-ethyl adjacent to an activating group) is 1. The second kappa shape index (κ2) is 6.67. The number of amides is 1. The van der Waals surface area contributed by atoms with Gasteiger partial charge in [-0.3, -0.25) is 9.69 Å². The summed E-state index contributed by atoms with van der Waals surface area (Å²) < 4.78 is 23.4. The number of rotatable bonds is 6. The quantitative estimate of drug-likeness (QED) is 0.669. The number of carbonyl (C=O) groups is 1. The molecule has 1 aliphatic rings. The van der Waals surface area contributed by atoms with Gasteiger partial charge in [-0.15, -0.1) is 0 Å². The van der Waals surface area contributed by atoms with E-state index < -0.39 is 9.84 Å². The Morgan fingerprint density at radius 2 is 2.11 bits per heavy atom. The lowest BCUT2D eigenvalue weighted by Gasteiger charge is -2.18. The molecule has 0 spiro atoms. The minimum absolute atomic E-state index is 0.000587. The van der Waals surface area contributed by atoms with Crippen molar-refractivity contribution in [1.29, 1.82) is 0 Å². The van der Waals surface area contributed by atoms with Gasteiger partial charge in [-0.2, -0.15) is 0 Å². The van der Waals surface area contributed by atoms with Crippen LogP contribution < -0.4 is 11.1 Å². The van der Waals surface area contributed by atoms with Crippen molar-refractivity contribution in [3.8, 4) is 0 Å². The Balaban J connectivity index is 2.35. The topological polar surface area (TPSA) is 92.5 Å². The van der Waals surface area contributed by atoms with E-state index in [-0.39, 0.29) is 42.0 Å². The van der Waals surface area contributed by atoms with Gasteiger partial charge in [0.25, 0.3) is 0 Å². The zero-order valence-electron chi connectivity index (χ0n) is 11.9. The normalized spacial score (nSPS) is 24.9. The number of likely N-dealkylation sites (tertiary alicyclic amines) is 1. The molecule has 0 aromatic heterocycles. The number of hydrogen-bond donors (Lipinski definition) is 2. The van der Waals surface area contributed by atoms with Crippen molar-refractivity contribution in [1.82, 2.24) is 10.2 Å². The van der Waals surface area contributed by atoms with Crippen molar-refractivity contribution in [3.05, 3.63) is 0 Å². The van der Waals surface area contributed by atoms with Crippen molar-refractivity contribution >= 4 is 15.7 Å². The second-order valence-corrected chi connectivity index (χ2v) is 7.98. The van der Waals surface area contributed by atoms with Gasteiger partial charge in [0.1, 0.15) is 0 Å². The molecule has 1 saturated heterocycles. The first-order chi connectivity index (χ1) is 8.71.